The molecule has 2 fully saturated rings. The lowest BCUT2D eigenvalue weighted by Gasteiger charge is -2.44. The summed E-state index contributed by atoms with van der Waals surface area (Å²) in [6.07, 6.45) is 3.73. The van der Waals surface area contributed by atoms with Crippen molar-refractivity contribution in [1.82, 2.24) is 0 Å². The number of hydrogen-bond acceptors (Lipinski definition) is 4. The predicted octanol–water partition coefficient (Wildman–Crippen LogP) is 4.70. The second-order valence-corrected chi connectivity index (χ2v) is 8.25. The molecule has 0 unspecified atom stereocenters. The molecule has 5 atom stereocenters. The normalized spacial score (nSPS) is 29.6. The van der Waals surface area contributed by atoms with Crippen LogP contribution in [-0.2, 0) is 0 Å². The predicted molar refractivity (Wildman–Crippen MR) is 106 cm³/mol. The quantitative estimate of drug-likeness (QED) is 0.806. The van der Waals surface area contributed by atoms with E-state index in [1.807, 2.05) is 24.3 Å². The average molecular weight is 379 g/mol. The summed E-state index contributed by atoms with van der Waals surface area (Å²) in [5.74, 6) is 2.80. The number of hydrogen-bond donors (Lipinski definition) is 2. The van der Waals surface area contributed by atoms with Gasteiger partial charge in [-0.3, -0.25) is 0 Å². The Labute approximate surface area is 164 Å². The number of fused-ring (bicyclic) bond motifs is 7. The molecule has 1 aliphatic heterocycles. The topological polar surface area (TPSA) is 67.8 Å². The number of methoxy groups -OCH3 is 2. The highest BCUT2D eigenvalue weighted by Gasteiger charge is 2.54. The number of anilines is 1. The summed E-state index contributed by atoms with van der Waals surface area (Å²) in [5.41, 5.74) is 3.72. The highest BCUT2D eigenvalue weighted by molar-refractivity contribution is 5.89. The van der Waals surface area contributed by atoms with Crippen molar-refractivity contribution in [3.63, 3.8) is 0 Å². The lowest BCUT2D eigenvalue weighted by Crippen LogP contribution is -2.35. The molecule has 2 aromatic carbocycles. The molecule has 2 bridgehead atoms. The minimum atomic E-state index is -0.862. The molecule has 5 rings (SSSR count). The van der Waals surface area contributed by atoms with Crippen molar-refractivity contribution < 1.29 is 19.4 Å². The smallest absolute Gasteiger partial charge is 0.335 e. The SMILES string of the molecule is COc1cccc([C@@H]2Nc3ccc(C(=O)O)cc3[C@@H]3[C@H]4CC[C@@H](C4)[C@H]32)c1OC. The zero-order valence-electron chi connectivity index (χ0n) is 16.1. The first-order chi connectivity index (χ1) is 13.6. The van der Waals surface area contributed by atoms with Crippen LogP contribution in [0.3, 0.4) is 0 Å². The zero-order valence-corrected chi connectivity index (χ0v) is 16.1. The monoisotopic (exact) mass is 379 g/mol. The Morgan fingerprint density at radius 3 is 2.64 bits per heavy atom. The number of carboxylic acids is 1. The molecule has 0 spiro atoms. The van der Waals surface area contributed by atoms with Gasteiger partial charge in [0.2, 0.25) is 0 Å². The molecule has 2 aliphatic carbocycles. The van der Waals surface area contributed by atoms with E-state index in [1.165, 1.54) is 24.8 Å². The standard InChI is InChI=1S/C23H25NO4/c1-27-18-5-3-4-15(22(18)28-2)21-20-13-7-6-12(10-13)19(20)16-11-14(23(25)26)8-9-17(16)24-21/h3-5,8-9,11-13,19-21,24H,6-7,10H2,1-2H3,(H,25,26)/t12-,13-,19-,20+,21-/m0/s1. The van der Waals surface area contributed by atoms with Crippen LogP contribution in [0.5, 0.6) is 11.5 Å². The molecule has 0 amide bonds. The van der Waals surface area contributed by atoms with E-state index in [0.29, 0.717) is 29.2 Å². The molecule has 5 heteroatoms. The molecular formula is C23H25NO4. The van der Waals surface area contributed by atoms with Gasteiger partial charge in [-0.25, -0.2) is 4.79 Å². The summed E-state index contributed by atoms with van der Waals surface area (Å²) in [6, 6.07) is 11.7. The highest BCUT2D eigenvalue weighted by atomic mass is 16.5. The second kappa shape index (κ2) is 6.43. The van der Waals surface area contributed by atoms with E-state index >= 15 is 0 Å². The van der Waals surface area contributed by atoms with Crippen molar-refractivity contribution >= 4 is 11.7 Å². The van der Waals surface area contributed by atoms with E-state index in [-0.39, 0.29) is 6.04 Å². The van der Waals surface area contributed by atoms with Crippen molar-refractivity contribution in [2.45, 2.75) is 31.2 Å². The number of para-hydroxylation sites is 1. The van der Waals surface area contributed by atoms with Gasteiger partial charge >= 0.3 is 5.97 Å². The maximum absolute atomic E-state index is 11.5. The van der Waals surface area contributed by atoms with Gasteiger partial charge in [-0.05, 0) is 72.8 Å². The van der Waals surface area contributed by atoms with E-state index in [2.05, 4.69) is 11.4 Å². The number of nitrogens with one attached hydrogen (secondary N) is 1. The first-order valence-electron chi connectivity index (χ1n) is 9.97. The van der Waals surface area contributed by atoms with E-state index in [4.69, 9.17) is 9.47 Å². The third-order valence-electron chi connectivity index (χ3n) is 7.10. The first kappa shape index (κ1) is 17.4. The van der Waals surface area contributed by atoms with Crippen LogP contribution < -0.4 is 14.8 Å². The summed E-state index contributed by atoms with van der Waals surface area (Å²) in [7, 11) is 3.36. The fraction of sp³-hybridized carbons (Fsp3) is 0.435. The van der Waals surface area contributed by atoms with Gasteiger partial charge in [0, 0.05) is 11.3 Å². The van der Waals surface area contributed by atoms with E-state index < -0.39 is 5.97 Å². The Balaban J connectivity index is 1.65. The van der Waals surface area contributed by atoms with Crippen LogP contribution in [0.4, 0.5) is 5.69 Å². The second-order valence-electron chi connectivity index (χ2n) is 8.25. The van der Waals surface area contributed by atoms with E-state index in [0.717, 1.165) is 22.7 Å². The van der Waals surface area contributed by atoms with Crippen LogP contribution in [0, 0.1) is 17.8 Å². The molecule has 2 aromatic rings. The molecule has 146 valence electrons. The molecule has 1 heterocycles. The Bertz CT molecular complexity index is 940. The van der Waals surface area contributed by atoms with Gasteiger partial charge in [0.25, 0.3) is 0 Å². The lowest BCUT2D eigenvalue weighted by molar-refractivity contribution is 0.0696. The van der Waals surface area contributed by atoms with Crippen molar-refractivity contribution in [1.29, 1.82) is 0 Å². The van der Waals surface area contributed by atoms with Gasteiger partial charge in [-0.15, -0.1) is 0 Å². The van der Waals surface area contributed by atoms with Crippen LogP contribution in [0.15, 0.2) is 36.4 Å². The van der Waals surface area contributed by atoms with E-state index in [1.54, 1.807) is 20.3 Å². The summed E-state index contributed by atoms with van der Waals surface area (Å²) in [4.78, 5) is 11.5. The van der Waals surface area contributed by atoms with Crippen LogP contribution in [0.2, 0.25) is 0 Å². The molecule has 5 nitrogen and oxygen atoms in total. The summed E-state index contributed by atoms with van der Waals surface area (Å²) >= 11 is 0. The van der Waals surface area contributed by atoms with Crippen molar-refractivity contribution in [2.24, 2.45) is 17.8 Å². The lowest BCUT2D eigenvalue weighted by atomic mass is 9.67. The number of carbonyl (C=O) groups is 1. The fourth-order valence-electron chi connectivity index (χ4n) is 6.09. The van der Waals surface area contributed by atoms with Crippen LogP contribution in [0.25, 0.3) is 0 Å². The Morgan fingerprint density at radius 1 is 1.07 bits per heavy atom. The summed E-state index contributed by atoms with van der Waals surface area (Å²) in [5, 5.41) is 13.2. The third kappa shape index (κ3) is 2.42. The number of benzene rings is 2. The maximum atomic E-state index is 11.5. The van der Waals surface area contributed by atoms with Gasteiger partial charge in [-0.2, -0.15) is 0 Å². The minimum Gasteiger partial charge on any atom is -0.493 e. The van der Waals surface area contributed by atoms with Gasteiger partial charge < -0.3 is 19.9 Å². The zero-order chi connectivity index (χ0) is 19.4. The summed E-state index contributed by atoms with van der Waals surface area (Å²) in [6.45, 7) is 0. The van der Waals surface area contributed by atoms with Gasteiger partial charge in [0.15, 0.2) is 11.5 Å². The summed E-state index contributed by atoms with van der Waals surface area (Å²) < 4.78 is 11.3. The van der Waals surface area contributed by atoms with Crippen molar-refractivity contribution in [3.8, 4) is 11.5 Å². The molecule has 0 saturated heterocycles. The molecule has 2 saturated carbocycles. The molecule has 28 heavy (non-hydrogen) atoms. The number of rotatable bonds is 4. The first-order valence-corrected chi connectivity index (χ1v) is 9.97. The molecule has 0 aromatic heterocycles. The Hall–Kier alpha value is -2.69. The number of aromatic carboxylic acids is 1. The maximum Gasteiger partial charge on any atom is 0.335 e. The largest absolute Gasteiger partial charge is 0.493 e. The number of ether oxygens (including phenoxy) is 2. The van der Waals surface area contributed by atoms with Gasteiger partial charge in [-0.1, -0.05) is 12.1 Å². The number of carboxylic acid groups (broad SMARTS) is 1. The van der Waals surface area contributed by atoms with Gasteiger partial charge in [0.05, 0.1) is 25.8 Å². The molecular weight excluding hydrogens is 354 g/mol. The average Bonchev–Trinajstić information content (AvgIpc) is 3.34. The Morgan fingerprint density at radius 2 is 1.89 bits per heavy atom. The molecule has 0 radical (unpaired) electrons. The van der Waals surface area contributed by atoms with Crippen molar-refractivity contribution in [3.05, 3.63) is 53.1 Å². The van der Waals surface area contributed by atoms with Gasteiger partial charge in [0.1, 0.15) is 0 Å². The fourth-order valence-corrected chi connectivity index (χ4v) is 6.09. The third-order valence-corrected chi connectivity index (χ3v) is 7.10. The van der Waals surface area contributed by atoms with Crippen molar-refractivity contribution in [2.75, 3.05) is 19.5 Å². The van der Waals surface area contributed by atoms with Crippen LogP contribution in [0.1, 0.15) is 52.7 Å². The van der Waals surface area contributed by atoms with E-state index in [9.17, 15) is 9.90 Å². The minimum absolute atomic E-state index is 0.133. The molecule has 3 aliphatic rings. The highest BCUT2D eigenvalue weighted by Crippen LogP contribution is 2.64. The Kier molecular flexibility index (Phi) is 4.00. The van der Waals surface area contributed by atoms with Crippen LogP contribution >= 0.6 is 0 Å². The molecule has 2 N–H and O–H groups in total. The van der Waals surface area contributed by atoms with Crippen LogP contribution in [-0.4, -0.2) is 25.3 Å².